The zero-order chi connectivity index (χ0) is 21.9. The third-order valence-electron chi connectivity index (χ3n) is 5.23. The highest BCUT2D eigenvalue weighted by Crippen LogP contribution is 2.25. The zero-order valence-corrected chi connectivity index (χ0v) is 18.3. The SMILES string of the molecule is Cc1ccc(C(=O)CSc2nnc3ccc(-c4ccc(-c5ccccc5)cc4)nn23)cc1. The predicted molar refractivity (Wildman–Crippen MR) is 128 cm³/mol. The van der Waals surface area contributed by atoms with Crippen molar-refractivity contribution in [3.8, 4) is 22.4 Å². The second kappa shape index (κ2) is 8.77. The third-order valence-corrected chi connectivity index (χ3v) is 6.15. The van der Waals surface area contributed by atoms with Crippen molar-refractivity contribution in [1.82, 2.24) is 19.8 Å². The number of thioether (sulfide) groups is 1. The van der Waals surface area contributed by atoms with E-state index in [1.54, 1.807) is 4.52 Å². The minimum Gasteiger partial charge on any atom is -0.293 e. The Kier molecular flexibility index (Phi) is 5.52. The van der Waals surface area contributed by atoms with Gasteiger partial charge in [0.05, 0.1) is 11.4 Å². The normalized spacial score (nSPS) is 11.0. The van der Waals surface area contributed by atoms with Gasteiger partial charge in [0.25, 0.3) is 0 Å². The number of carbonyl (C=O) groups excluding carboxylic acids is 1. The molecule has 0 saturated carbocycles. The highest BCUT2D eigenvalue weighted by atomic mass is 32.2. The average Bonchev–Trinajstić information content (AvgIpc) is 3.26. The number of rotatable bonds is 6. The lowest BCUT2D eigenvalue weighted by molar-refractivity contribution is 0.102. The van der Waals surface area contributed by atoms with Crippen molar-refractivity contribution in [3.05, 3.63) is 102 Å². The van der Waals surface area contributed by atoms with E-state index in [9.17, 15) is 4.79 Å². The van der Waals surface area contributed by atoms with E-state index in [1.807, 2.05) is 61.5 Å². The Balaban J connectivity index is 1.36. The fourth-order valence-corrected chi connectivity index (χ4v) is 4.21. The van der Waals surface area contributed by atoms with Crippen molar-refractivity contribution in [2.75, 3.05) is 5.75 Å². The Labute approximate surface area is 190 Å². The molecule has 0 fully saturated rings. The first-order chi connectivity index (χ1) is 15.7. The van der Waals surface area contributed by atoms with Crippen LogP contribution >= 0.6 is 11.8 Å². The van der Waals surface area contributed by atoms with Crippen LogP contribution in [0.15, 0.2) is 96.2 Å². The van der Waals surface area contributed by atoms with Gasteiger partial charge in [0.2, 0.25) is 5.16 Å². The van der Waals surface area contributed by atoms with Crippen LogP contribution in [0, 0.1) is 6.92 Å². The maximum absolute atomic E-state index is 12.5. The Bertz CT molecular complexity index is 1380. The molecule has 0 radical (unpaired) electrons. The van der Waals surface area contributed by atoms with E-state index >= 15 is 0 Å². The van der Waals surface area contributed by atoms with E-state index in [0.29, 0.717) is 16.4 Å². The maximum Gasteiger partial charge on any atom is 0.212 e. The summed E-state index contributed by atoms with van der Waals surface area (Å²) in [6.07, 6.45) is 0. The molecule has 0 aliphatic heterocycles. The number of fused-ring (bicyclic) bond motifs is 1. The van der Waals surface area contributed by atoms with Gasteiger partial charge in [-0.2, -0.15) is 9.61 Å². The molecular formula is C26H20N4OS. The summed E-state index contributed by atoms with van der Waals surface area (Å²) < 4.78 is 1.70. The molecule has 0 unspecified atom stereocenters. The fourth-order valence-electron chi connectivity index (χ4n) is 3.43. The Hall–Kier alpha value is -3.77. The molecule has 0 aliphatic carbocycles. The minimum absolute atomic E-state index is 0.0550. The van der Waals surface area contributed by atoms with Gasteiger partial charge >= 0.3 is 0 Å². The largest absolute Gasteiger partial charge is 0.293 e. The van der Waals surface area contributed by atoms with Crippen molar-refractivity contribution in [2.45, 2.75) is 12.1 Å². The number of aryl methyl sites for hydroxylation is 1. The van der Waals surface area contributed by atoms with Crippen molar-refractivity contribution in [1.29, 1.82) is 0 Å². The molecule has 0 aliphatic rings. The summed E-state index contributed by atoms with van der Waals surface area (Å²) in [4.78, 5) is 12.5. The molecule has 156 valence electrons. The zero-order valence-electron chi connectivity index (χ0n) is 17.5. The summed E-state index contributed by atoms with van der Waals surface area (Å²) in [6.45, 7) is 2.00. The minimum atomic E-state index is 0.0550. The highest BCUT2D eigenvalue weighted by molar-refractivity contribution is 7.99. The molecule has 2 heterocycles. The second-order valence-electron chi connectivity index (χ2n) is 7.49. The third kappa shape index (κ3) is 4.18. The van der Waals surface area contributed by atoms with Gasteiger partial charge in [-0.25, -0.2) is 0 Å². The molecule has 0 spiro atoms. The lowest BCUT2D eigenvalue weighted by atomic mass is 10.0. The van der Waals surface area contributed by atoms with Crippen molar-refractivity contribution in [2.24, 2.45) is 0 Å². The van der Waals surface area contributed by atoms with Crippen LogP contribution < -0.4 is 0 Å². The Morgan fingerprint density at radius 3 is 2.22 bits per heavy atom. The second-order valence-corrected chi connectivity index (χ2v) is 8.43. The van der Waals surface area contributed by atoms with Gasteiger partial charge in [0.15, 0.2) is 11.4 Å². The smallest absolute Gasteiger partial charge is 0.212 e. The van der Waals surface area contributed by atoms with Crippen LogP contribution in [0.1, 0.15) is 15.9 Å². The summed E-state index contributed by atoms with van der Waals surface area (Å²) in [5.74, 6) is 0.334. The Morgan fingerprint density at radius 1 is 0.781 bits per heavy atom. The first-order valence-electron chi connectivity index (χ1n) is 10.3. The van der Waals surface area contributed by atoms with Crippen LogP contribution in [0.5, 0.6) is 0 Å². The lowest BCUT2D eigenvalue weighted by Crippen LogP contribution is -2.04. The molecule has 0 saturated heterocycles. The summed E-state index contributed by atoms with van der Waals surface area (Å²) in [6, 6.07) is 30.0. The average molecular weight is 437 g/mol. The van der Waals surface area contributed by atoms with E-state index in [1.165, 1.54) is 17.3 Å². The lowest BCUT2D eigenvalue weighted by Gasteiger charge is -2.06. The number of aromatic nitrogens is 4. The standard InChI is InChI=1S/C26H20N4OS/c1-18-7-9-22(10-8-18)24(31)17-32-26-28-27-25-16-15-23(29-30(25)26)21-13-11-20(12-14-21)19-5-3-2-4-6-19/h2-16H,17H2,1H3. The van der Waals surface area contributed by atoms with Gasteiger partial charge in [0.1, 0.15) is 0 Å². The maximum atomic E-state index is 12.5. The van der Waals surface area contributed by atoms with E-state index in [-0.39, 0.29) is 11.5 Å². The number of nitrogens with zero attached hydrogens (tertiary/aromatic N) is 4. The molecule has 32 heavy (non-hydrogen) atoms. The first kappa shape index (κ1) is 20.2. The number of benzene rings is 3. The number of hydrogen-bond donors (Lipinski definition) is 0. The molecule has 5 rings (SSSR count). The van der Waals surface area contributed by atoms with Crippen molar-refractivity contribution in [3.63, 3.8) is 0 Å². The molecule has 0 atom stereocenters. The van der Waals surface area contributed by atoms with Crippen molar-refractivity contribution < 1.29 is 4.79 Å². The van der Waals surface area contributed by atoms with Crippen LogP contribution in [0.4, 0.5) is 0 Å². The molecule has 6 heteroatoms. The van der Waals surface area contributed by atoms with Crippen LogP contribution in [0.3, 0.4) is 0 Å². The van der Waals surface area contributed by atoms with Gasteiger partial charge in [-0.15, -0.1) is 10.2 Å². The molecule has 3 aromatic carbocycles. The van der Waals surface area contributed by atoms with Gasteiger partial charge < -0.3 is 0 Å². The van der Waals surface area contributed by atoms with Gasteiger partial charge in [-0.05, 0) is 30.2 Å². The predicted octanol–water partition coefficient (Wildman–Crippen LogP) is 5.74. The molecule has 0 amide bonds. The summed E-state index contributed by atoms with van der Waals surface area (Å²) in [7, 11) is 0. The molecule has 5 aromatic rings. The van der Waals surface area contributed by atoms with Gasteiger partial charge in [-0.1, -0.05) is 96.2 Å². The summed E-state index contributed by atoms with van der Waals surface area (Å²) in [5.41, 5.74) is 6.65. The number of ketones is 1. The van der Waals surface area contributed by atoms with Crippen LogP contribution in [0.2, 0.25) is 0 Å². The molecule has 0 bridgehead atoms. The quantitative estimate of drug-likeness (QED) is 0.251. The molecular weight excluding hydrogens is 416 g/mol. The number of Topliss-reactive ketones (excluding diaryl/α,β-unsaturated/α-hetero) is 1. The molecule has 5 nitrogen and oxygen atoms in total. The van der Waals surface area contributed by atoms with Gasteiger partial charge in [0, 0.05) is 11.1 Å². The van der Waals surface area contributed by atoms with E-state index in [0.717, 1.165) is 22.4 Å². The van der Waals surface area contributed by atoms with Crippen molar-refractivity contribution >= 4 is 23.2 Å². The van der Waals surface area contributed by atoms with Crippen LogP contribution in [0.25, 0.3) is 28.0 Å². The van der Waals surface area contributed by atoms with Gasteiger partial charge in [-0.3, -0.25) is 4.79 Å². The first-order valence-corrected chi connectivity index (χ1v) is 11.3. The van der Waals surface area contributed by atoms with E-state index in [4.69, 9.17) is 5.10 Å². The van der Waals surface area contributed by atoms with Crippen LogP contribution in [-0.2, 0) is 0 Å². The molecule has 0 N–H and O–H groups in total. The monoisotopic (exact) mass is 436 g/mol. The molecule has 2 aromatic heterocycles. The topological polar surface area (TPSA) is 60.2 Å². The summed E-state index contributed by atoms with van der Waals surface area (Å²) in [5, 5.41) is 13.7. The summed E-state index contributed by atoms with van der Waals surface area (Å²) >= 11 is 1.34. The highest BCUT2D eigenvalue weighted by Gasteiger charge is 2.13. The van der Waals surface area contributed by atoms with E-state index < -0.39 is 0 Å². The number of hydrogen-bond acceptors (Lipinski definition) is 5. The van der Waals surface area contributed by atoms with Crippen LogP contribution in [-0.4, -0.2) is 31.3 Å². The Morgan fingerprint density at radius 2 is 1.47 bits per heavy atom. The fraction of sp³-hybridized carbons (Fsp3) is 0.0769. The van der Waals surface area contributed by atoms with E-state index in [2.05, 4.69) is 46.6 Å². The number of carbonyl (C=O) groups is 1.